The Morgan fingerprint density at radius 1 is 1.03 bits per heavy atom. The van der Waals surface area contributed by atoms with E-state index in [1.807, 2.05) is 24.3 Å². The number of carbonyl (C=O) groups is 3. The van der Waals surface area contributed by atoms with E-state index in [0.29, 0.717) is 34.9 Å². The minimum Gasteiger partial charge on any atom is -0.463 e. The van der Waals surface area contributed by atoms with Crippen molar-refractivity contribution < 1.29 is 19.1 Å². The maximum Gasteiger partial charge on any atom is 0.336 e. The molecule has 0 saturated heterocycles. The average Bonchev–Trinajstić information content (AvgIpc) is 2.87. The molecule has 0 aliphatic carbocycles. The molecule has 6 nitrogen and oxygen atoms in total. The monoisotopic (exact) mass is 510 g/mol. The summed E-state index contributed by atoms with van der Waals surface area (Å²) in [6.45, 7) is 6.92. The standard InChI is InChI=1S/C29H35ClN2O4/c1-4-6-7-8-17-31-28(34)23-11-9-21(10-12-23)19-32-20(3)27(29(35)36-5-2)25(18-26(32)33)22-13-15-24(30)16-14-22/h9-16,25H,4-8,17-19H2,1-3H3,(H,31,34). The Morgan fingerprint density at radius 2 is 1.72 bits per heavy atom. The summed E-state index contributed by atoms with van der Waals surface area (Å²) in [5, 5.41) is 3.55. The highest BCUT2D eigenvalue weighted by atomic mass is 35.5. The molecule has 0 spiro atoms. The Morgan fingerprint density at radius 3 is 2.36 bits per heavy atom. The second kappa shape index (κ2) is 13.3. The van der Waals surface area contributed by atoms with E-state index in [2.05, 4.69) is 12.2 Å². The van der Waals surface area contributed by atoms with Crippen LogP contribution >= 0.6 is 11.6 Å². The highest BCUT2D eigenvalue weighted by Gasteiger charge is 2.36. The van der Waals surface area contributed by atoms with Gasteiger partial charge in [-0.15, -0.1) is 0 Å². The normalized spacial score (nSPS) is 15.7. The van der Waals surface area contributed by atoms with Gasteiger partial charge in [0.1, 0.15) is 0 Å². The average molecular weight is 511 g/mol. The van der Waals surface area contributed by atoms with Crippen LogP contribution < -0.4 is 5.32 Å². The Labute approximate surface area is 218 Å². The molecule has 0 fully saturated rings. The van der Waals surface area contributed by atoms with Gasteiger partial charge in [-0.2, -0.15) is 0 Å². The lowest BCUT2D eigenvalue weighted by molar-refractivity contribution is -0.140. The van der Waals surface area contributed by atoms with Crippen LogP contribution in [0.15, 0.2) is 59.8 Å². The summed E-state index contributed by atoms with van der Waals surface area (Å²) in [7, 11) is 0. The van der Waals surface area contributed by atoms with E-state index in [4.69, 9.17) is 16.3 Å². The predicted molar refractivity (Wildman–Crippen MR) is 142 cm³/mol. The number of ether oxygens (including phenoxy) is 1. The SMILES string of the molecule is CCCCCCNC(=O)c1ccc(CN2C(=O)CC(c3ccc(Cl)cc3)C(C(=O)OCC)=C2C)cc1. The summed E-state index contributed by atoms with van der Waals surface area (Å²) in [5.41, 5.74) is 3.37. The van der Waals surface area contributed by atoms with Crippen molar-refractivity contribution in [2.45, 2.75) is 65.3 Å². The summed E-state index contributed by atoms with van der Waals surface area (Å²) in [6.07, 6.45) is 4.57. The first-order valence-electron chi connectivity index (χ1n) is 12.7. The molecule has 1 atom stereocenters. The maximum atomic E-state index is 13.2. The number of allylic oxidation sites excluding steroid dienone is 1. The third kappa shape index (κ3) is 6.97. The number of esters is 1. The molecule has 2 aromatic rings. The van der Waals surface area contributed by atoms with Gasteiger partial charge in [-0.3, -0.25) is 9.59 Å². The summed E-state index contributed by atoms with van der Waals surface area (Å²) in [5.74, 6) is -0.986. The number of hydrogen-bond donors (Lipinski definition) is 1. The van der Waals surface area contributed by atoms with Crippen molar-refractivity contribution in [2.75, 3.05) is 13.2 Å². The van der Waals surface area contributed by atoms with Crippen molar-refractivity contribution in [3.8, 4) is 0 Å². The molecule has 0 saturated carbocycles. The van der Waals surface area contributed by atoms with Crippen molar-refractivity contribution in [1.82, 2.24) is 10.2 Å². The maximum absolute atomic E-state index is 13.2. The lowest BCUT2D eigenvalue weighted by Gasteiger charge is -2.34. The van der Waals surface area contributed by atoms with E-state index in [0.717, 1.165) is 30.4 Å². The molecule has 2 amide bonds. The zero-order valence-electron chi connectivity index (χ0n) is 21.3. The number of unbranched alkanes of at least 4 members (excludes halogenated alkanes) is 3. The molecule has 1 unspecified atom stereocenters. The summed E-state index contributed by atoms with van der Waals surface area (Å²) >= 11 is 6.04. The molecule has 0 aromatic heterocycles. The number of carbonyl (C=O) groups excluding carboxylic acids is 3. The Hall–Kier alpha value is -3.12. The van der Waals surface area contributed by atoms with Crippen LogP contribution in [0.25, 0.3) is 0 Å². The van der Waals surface area contributed by atoms with E-state index in [1.165, 1.54) is 6.42 Å². The first-order valence-corrected chi connectivity index (χ1v) is 13.0. The Bertz CT molecular complexity index is 1090. The first-order chi connectivity index (χ1) is 17.3. The number of halogens is 1. The first kappa shape index (κ1) is 27.5. The fourth-order valence-corrected chi connectivity index (χ4v) is 4.58. The molecular weight excluding hydrogens is 476 g/mol. The van der Waals surface area contributed by atoms with Crippen molar-refractivity contribution in [1.29, 1.82) is 0 Å². The fraction of sp³-hybridized carbons (Fsp3) is 0.414. The van der Waals surface area contributed by atoms with Gasteiger partial charge in [0.05, 0.1) is 18.7 Å². The number of rotatable bonds is 11. The van der Waals surface area contributed by atoms with Crippen LogP contribution in [0.4, 0.5) is 0 Å². The third-order valence-electron chi connectivity index (χ3n) is 6.46. The number of amides is 2. The molecule has 3 rings (SSSR count). The lowest BCUT2D eigenvalue weighted by atomic mass is 9.83. The minimum absolute atomic E-state index is 0.0746. The van der Waals surface area contributed by atoms with Gasteiger partial charge in [-0.1, -0.05) is 62.1 Å². The molecule has 1 aliphatic rings. The molecule has 2 aromatic carbocycles. The number of nitrogens with one attached hydrogen (secondary N) is 1. The van der Waals surface area contributed by atoms with Crippen molar-refractivity contribution in [3.05, 3.63) is 81.5 Å². The highest BCUT2D eigenvalue weighted by molar-refractivity contribution is 6.30. The minimum atomic E-state index is -0.418. The van der Waals surface area contributed by atoms with E-state index >= 15 is 0 Å². The molecule has 1 N–H and O–H groups in total. The van der Waals surface area contributed by atoms with Gasteiger partial charge in [0.25, 0.3) is 5.91 Å². The zero-order valence-corrected chi connectivity index (χ0v) is 22.1. The molecular formula is C29H35ClN2O4. The van der Waals surface area contributed by atoms with E-state index in [1.54, 1.807) is 43.0 Å². The molecule has 0 radical (unpaired) electrons. The number of hydrogen-bond acceptors (Lipinski definition) is 4. The smallest absolute Gasteiger partial charge is 0.336 e. The van der Waals surface area contributed by atoms with Gasteiger partial charge in [0.2, 0.25) is 5.91 Å². The van der Waals surface area contributed by atoms with Crippen molar-refractivity contribution in [2.24, 2.45) is 0 Å². The van der Waals surface area contributed by atoms with Crippen LogP contribution in [0, 0.1) is 0 Å². The van der Waals surface area contributed by atoms with E-state index < -0.39 is 11.9 Å². The molecule has 7 heteroatoms. The van der Waals surface area contributed by atoms with Crippen LogP contribution in [0.1, 0.15) is 80.3 Å². The topological polar surface area (TPSA) is 75.7 Å². The van der Waals surface area contributed by atoms with Crippen molar-refractivity contribution in [3.63, 3.8) is 0 Å². The van der Waals surface area contributed by atoms with Crippen LogP contribution in [0.2, 0.25) is 5.02 Å². The molecule has 1 aliphatic heterocycles. The molecule has 1 heterocycles. The summed E-state index contributed by atoms with van der Waals surface area (Å²) in [6, 6.07) is 14.4. The van der Waals surface area contributed by atoms with Gasteiger partial charge >= 0.3 is 5.97 Å². The van der Waals surface area contributed by atoms with Gasteiger partial charge in [0.15, 0.2) is 0 Å². The second-order valence-electron chi connectivity index (χ2n) is 9.02. The van der Waals surface area contributed by atoms with Gasteiger partial charge in [0, 0.05) is 35.2 Å². The lowest BCUT2D eigenvalue weighted by Crippen LogP contribution is -2.38. The van der Waals surface area contributed by atoms with Crippen LogP contribution in [0.5, 0.6) is 0 Å². The Balaban J connectivity index is 1.77. The van der Waals surface area contributed by atoms with Crippen LogP contribution in [0.3, 0.4) is 0 Å². The fourth-order valence-electron chi connectivity index (χ4n) is 4.46. The van der Waals surface area contributed by atoms with Gasteiger partial charge < -0.3 is 15.0 Å². The predicted octanol–water partition coefficient (Wildman–Crippen LogP) is 6.00. The van der Waals surface area contributed by atoms with Gasteiger partial charge in [-0.25, -0.2) is 4.79 Å². The quantitative estimate of drug-likeness (QED) is 0.297. The van der Waals surface area contributed by atoms with Gasteiger partial charge in [-0.05, 0) is 55.7 Å². The van der Waals surface area contributed by atoms with E-state index in [9.17, 15) is 14.4 Å². The molecule has 36 heavy (non-hydrogen) atoms. The highest BCUT2D eigenvalue weighted by Crippen LogP contribution is 2.38. The second-order valence-corrected chi connectivity index (χ2v) is 9.46. The molecule has 0 bridgehead atoms. The third-order valence-corrected chi connectivity index (χ3v) is 6.72. The van der Waals surface area contributed by atoms with Crippen LogP contribution in [-0.2, 0) is 20.9 Å². The number of benzene rings is 2. The zero-order chi connectivity index (χ0) is 26.1. The summed E-state index contributed by atoms with van der Waals surface area (Å²) < 4.78 is 5.35. The largest absolute Gasteiger partial charge is 0.463 e. The van der Waals surface area contributed by atoms with Crippen LogP contribution in [-0.4, -0.2) is 35.8 Å². The Kier molecular flexibility index (Phi) is 10.1. The van der Waals surface area contributed by atoms with E-state index in [-0.39, 0.29) is 24.8 Å². The number of nitrogens with zero attached hydrogens (tertiary/aromatic N) is 1. The van der Waals surface area contributed by atoms with Crippen molar-refractivity contribution >= 4 is 29.4 Å². The summed E-state index contributed by atoms with van der Waals surface area (Å²) in [4.78, 5) is 40.2. The molecule has 192 valence electrons.